The second kappa shape index (κ2) is 10.1. The highest BCUT2D eigenvalue weighted by atomic mass is 31.2. The summed E-state index contributed by atoms with van der Waals surface area (Å²) in [5, 5.41) is 13.8. The summed E-state index contributed by atoms with van der Waals surface area (Å²) in [6.07, 6.45) is 1.94. The Labute approximate surface area is 174 Å². The first-order chi connectivity index (χ1) is 14.0. The predicted molar refractivity (Wildman–Crippen MR) is 104 cm³/mol. The Morgan fingerprint density at radius 1 is 1.37 bits per heavy atom. The molecule has 0 bridgehead atoms. The topological polar surface area (TPSA) is 153 Å². The molecule has 1 unspecified atom stereocenters. The van der Waals surface area contributed by atoms with Gasteiger partial charge in [-0.3, -0.25) is 28.4 Å². The number of nitrogens with zero attached hydrogens (tertiary/aromatic N) is 1. The van der Waals surface area contributed by atoms with Crippen molar-refractivity contribution in [3.63, 3.8) is 0 Å². The minimum absolute atomic E-state index is 0.00589. The molecule has 3 atom stereocenters. The molecule has 1 amide bonds. The number of pyridine rings is 1. The van der Waals surface area contributed by atoms with Gasteiger partial charge in [0.05, 0.1) is 13.0 Å². The number of amides is 1. The molecule has 1 aliphatic rings. The van der Waals surface area contributed by atoms with Gasteiger partial charge in [0, 0.05) is 24.4 Å². The predicted octanol–water partition coefficient (Wildman–Crippen LogP) is 1.24. The quantitative estimate of drug-likeness (QED) is 0.375. The Morgan fingerprint density at radius 3 is 2.67 bits per heavy atom. The van der Waals surface area contributed by atoms with Crippen LogP contribution in [-0.2, 0) is 39.3 Å². The van der Waals surface area contributed by atoms with Gasteiger partial charge in [0.25, 0.3) is 0 Å². The number of ether oxygens (including phenoxy) is 1. The summed E-state index contributed by atoms with van der Waals surface area (Å²) >= 11 is 0. The zero-order valence-electron chi connectivity index (χ0n) is 17.0. The van der Waals surface area contributed by atoms with Crippen molar-refractivity contribution < 1.29 is 37.8 Å². The van der Waals surface area contributed by atoms with Crippen molar-refractivity contribution in [3.8, 4) is 0 Å². The van der Waals surface area contributed by atoms with Crippen molar-refractivity contribution in [1.29, 1.82) is 0 Å². The number of hydrogen-bond acceptors (Lipinski definition) is 8. The molecule has 1 aromatic rings. The van der Waals surface area contributed by atoms with Crippen molar-refractivity contribution in [3.05, 3.63) is 30.1 Å². The van der Waals surface area contributed by atoms with Gasteiger partial charge in [0.1, 0.15) is 12.6 Å². The number of carbonyl (C=O) groups excluding carboxylic acids is 2. The third-order valence-electron chi connectivity index (χ3n) is 4.30. The zero-order valence-corrected chi connectivity index (χ0v) is 17.9. The Balaban J connectivity index is 1.85. The molecule has 1 aliphatic heterocycles. The Kier molecular flexibility index (Phi) is 8.08. The van der Waals surface area contributed by atoms with E-state index in [9.17, 15) is 18.9 Å². The molecule has 30 heavy (non-hydrogen) atoms. The molecule has 0 aromatic carbocycles. The maximum atomic E-state index is 12.7. The molecule has 0 radical (unpaired) electrons. The van der Waals surface area contributed by atoms with Crippen LogP contribution in [-0.4, -0.2) is 53.2 Å². The van der Waals surface area contributed by atoms with Gasteiger partial charge in [-0.05, 0) is 24.6 Å². The maximum absolute atomic E-state index is 12.7. The molecule has 11 nitrogen and oxygen atoms in total. The van der Waals surface area contributed by atoms with Crippen molar-refractivity contribution in [1.82, 2.24) is 15.4 Å². The number of nitrogens with one attached hydrogen (secondary N) is 2. The lowest BCUT2D eigenvalue weighted by Gasteiger charge is -2.40. The highest BCUT2D eigenvalue weighted by Gasteiger charge is 2.48. The highest BCUT2D eigenvalue weighted by molar-refractivity contribution is 7.51. The SMILES string of the molecule is CC(N[P@@]1(=O)OCC(C)(C)[C@H](C(=O)NCCC(=O)OCc2ccncc2)O1)C(=O)O. The average molecular weight is 443 g/mol. The first kappa shape index (κ1) is 23.9. The molecular formula is C18H26N3O8P. The average Bonchev–Trinajstić information content (AvgIpc) is 2.69. The number of carboxylic acids is 1. The molecule has 166 valence electrons. The van der Waals surface area contributed by atoms with E-state index in [1.165, 1.54) is 6.92 Å². The molecule has 2 heterocycles. The van der Waals surface area contributed by atoms with Crippen LogP contribution in [0.1, 0.15) is 32.8 Å². The van der Waals surface area contributed by atoms with E-state index >= 15 is 0 Å². The van der Waals surface area contributed by atoms with Crippen LogP contribution in [0.5, 0.6) is 0 Å². The monoisotopic (exact) mass is 443 g/mol. The molecule has 0 spiro atoms. The fourth-order valence-electron chi connectivity index (χ4n) is 2.50. The molecule has 1 saturated heterocycles. The van der Waals surface area contributed by atoms with Crippen molar-refractivity contribution >= 4 is 25.6 Å². The van der Waals surface area contributed by atoms with E-state index < -0.39 is 43.2 Å². The molecule has 0 aliphatic carbocycles. The molecule has 2 rings (SSSR count). The van der Waals surface area contributed by atoms with Crippen LogP contribution in [0.4, 0.5) is 0 Å². The van der Waals surface area contributed by atoms with E-state index in [0.29, 0.717) is 0 Å². The summed E-state index contributed by atoms with van der Waals surface area (Å²) < 4.78 is 28.3. The summed E-state index contributed by atoms with van der Waals surface area (Å²) in [5.74, 6) is -2.33. The van der Waals surface area contributed by atoms with Crippen LogP contribution in [0.3, 0.4) is 0 Å². The number of aliphatic carboxylic acids is 1. The number of carboxylic acid groups (broad SMARTS) is 1. The second-order valence-electron chi connectivity index (χ2n) is 7.49. The Morgan fingerprint density at radius 2 is 2.03 bits per heavy atom. The van der Waals surface area contributed by atoms with Crippen LogP contribution in [0.25, 0.3) is 0 Å². The largest absolute Gasteiger partial charge is 0.480 e. The highest BCUT2D eigenvalue weighted by Crippen LogP contribution is 2.53. The minimum atomic E-state index is -4.00. The summed E-state index contributed by atoms with van der Waals surface area (Å²) in [5.41, 5.74) is -0.0351. The number of rotatable bonds is 9. The maximum Gasteiger partial charge on any atom is 0.407 e. The fraction of sp³-hybridized carbons (Fsp3) is 0.556. The van der Waals surface area contributed by atoms with Crippen LogP contribution in [0, 0.1) is 5.41 Å². The van der Waals surface area contributed by atoms with Crippen LogP contribution in [0.15, 0.2) is 24.5 Å². The molecule has 1 fully saturated rings. The van der Waals surface area contributed by atoms with Gasteiger partial charge in [-0.1, -0.05) is 13.8 Å². The second-order valence-corrected chi connectivity index (χ2v) is 9.21. The van der Waals surface area contributed by atoms with E-state index in [4.69, 9.17) is 18.9 Å². The van der Waals surface area contributed by atoms with Crippen molar-refractivity contribution in [2.75, 3.05) is 13.2 Å². The van der Waals surface area contributed by atoms with Gasteiger partial charge in [-0.15, -0.1) is 0 Å². The number of hydrogen-bond donors (Lipinski definition) is 3. The summed E-state index contributed by atoms with van der Waals surface area (Å²) in [6, 6.07) is 2.24. The van der Waals surface area contributed by atoms with E-state index in [1.807, 2.05) is 0 Å². The summed E-state index contributed by atoms with van der Waals surface area (Å²) in [7, 11) is -4.00. The van der Waals surface area contributed by atoms with E-state index in [2.05, 4.69) is 15.4 Å². The lowest BCUT2D eigenvalue weighted by Crippen LogP contribution is -2.51. The van der Waals surface area contributed by atoms with E-state index in [1.54, 1.807) is 38.4 Å². The Hall–Kier alpha value is -2.33. The van der Waals surface area contributed by atoms with Crippen LogP contribution < -0.4 is 10.4 Å². The number of carbonyl (C=O) groups is 3. The Bertz CT molecular complexity index is 817. The lowest BCUT2D eigenvalue weighted by molar-refractivity contribution is -0.145. The number of aromatic nitrogens is 1. The normalized spacial score (nSPS) is 23.9. The zero-order chi connectivity index (χ0) is 22.4. The van der Waals surface area contributed by atoms with Gasteiger partial charge in [0.2, 0.25) is 5.91 Å². The fourth-order valence-corrected chi connectivity index (χ4v) is 4.44. The minimum Gasteiger partial charge on any atom is -0.480 e. The van der Waals surface area contributed by atoms with Gasteiger partial charge in [0.15, 0.2) is 6.10 Å². The van der Waals surface area contributed by atoms with Crippen molar-refractivity contribution in [2.24, 2.45) is 5.41 Å². The van der Waals surface area contributed by atoms with Gasteiger partial charge >= 0.3 is 19.7 Å². The molecule has 3 N–H and O–H groups in total. The molecule has 12 heteroatoms. The first-order valence-corrected chi connectivity index (χ1v) is 10.8. The van der Waals surface area contributed by atoms with E-state index in [0.717, 1.165) is 5.56 Å². The number of esters is 1. The smallest absolute Gasteiger partial charge is 0.407 e. The van der Waals surface area contributed by atoms with Crippen LogP contribution >= 0.6 is 7.75 Å². The molecular weight excluding hydrogens is 417 g/mol. The summed E-state index contributed by atoms with van der Waals surface area (Å²) in [4.78, 5) is 39.3. The van der Waals surface area contributed by atoms with Gasteiger partial charge < -0.3 is 15.2 Å². The first-order valence-electron chi connectivity index (χ1n) is 9.28. The van der Waals surface area contributed by atoms with Gasteiger partial charge in [-0.2, -0.15) is 0 Å². The van der Waals surface area contributed by atoms with E-state index in [-0.39, 0.29) is 26.2 Å². The third-order valence-corrected chi connectivity index (χ3v) is 5.96. The van der Waals surface area contributed by atoms with Gasteiger partial charge in [-0.25, -0.2) is 9.65 Å². The molecule has 0 saturated carbocycles. The summed E-state index contributed by atoms with van der Waals surface area (Å²) in [6.45, 7) is 4.65. The van der Waals surface area contributed by atoms with Crippen molar-refractivity contribution in [2.45, 2.75) is 45.9 Å². The molecule has 1 aromatic heterocycles. The lowest BCUT2D eigenvalue weighted by atomic mass is 9.87. The standard InChI is InChI=1S/C18H26N3O8P/c1-12(17(24)25)21-30(26)28-11-18(2,3)15(29-30)16(23)20-9-6-14(22)27-10-13-4-7-19-8-5-13/h4-5,7-8,12,15H,6,9-11H2,1-3H3,(H,20,23)(H,21,26)(H,24,25)/t12?,15-,30+/m0/s1. The third kappa shape index (κ3) is 6.88. The van der Waals surface area contributed by atoms with Crippen LogP contribution in [0.2, 0.25) is 0 Å².